The van der Waals surface area contributed by atoms with Gasteiger partial charge in [0.25, 0.3) is 5.91 Å². The van der Waals surface area contributed by atoms with E-state index in [4.69, 9.17) is 4.74 Å². The highest BCUT2D eigenvalue weighted by atomic mass is 32.1. The van der Waals surface area contributed by atoms with Gasteiger partial charge in [-0.25, -0.2) is 4.79 Å². The SMILES string of the molecule is O=C(/C=C/c1cccs1)OCC(=O)N1CCC(Cc2ccccc2)CC1. The molecule has 1 fully saturated rings. The van der Waals surface area contributed by atoms with Gasteiger partial charge in [-0.05, 0) is 48.3 Å². The lowest BCUT2D eigenvalue weighted by molar-refractivity contribution is -0.148. The van der Waals surface area contributed by atoms with Crippen molar-refractivity contribution in [2.75, 3.05) is 19.7 Å². The van der Waals surface area contributed by atoms with E-state index in [0.29, 0.717) is 5.92 Å². The van der Waals surface area contributed by atoms with Crippen molar-refractivity contribution in [1.82, 2.24) is 4.90 Å². The smallest absolute Gasteiger partial charge is 0.331 e. The Kier molecular flexibility index (Phi) is 6.61. The van der Waals surface area contributed by atoms with Crippen LogP contribution in [0.15, 0.2) is 53.9 Å². The Hall–Kier alpha value is -2.40. The summed E-state index contributed by atoms with van der Waals surface area (Å²) in [7, 11) is 0. The normalized spacial score (nSPS) is 15.3. The van der Waals surface area contributed by atoms with Crippen LogP contribution in [0.2, 0.25) is 0 Å². The second-order valence-corrected chi connectivity index (χ2v) is 7.45. The molecule has 5 heteroatoms. The van der Waals surface area contributed by atoms with Crippen LogP contribution in [0.1, 0.15) is 23.3 Å². The largest absolute Gasteiger partial charge is 0.452 e. The second-order valence-electron chi connectivity index (χ2n) is 6.47. The van der Waals surface area contributed by atoms with Crippen molar-refractivity contribution in [3.05, 3.63) is 64.4 Å². The molecule has 3 rings (SSSR count). The van der Waals surface area contributed by atoms with E-state index in [2.05, 4.69) is 24.3 Å². The van der Waals surface area contributed by atoms with Crippen LogP contribution in [-0.2, 0) is 20.7 Å². The molecule has 136 valence electrons. The first-order valence-electron chi connectivity index (χ1n) is 8.91. The molecule has 1 aromatic carbocycles. The Morgan fingerprint density at radius 1 is 1.12 bits per heavy atom. The molecule has 0 N–H and O–H groups in total. The van der Waals surface area contributed by atoms with E-state index in [1.807, 2.05) is 23.6 Å². The number of benzene rings is 1. The van der Waals surface area contributed by atoms with Gasteiger partial charge >= 0.3 is 5.97 Å². The van der Waals surface area contributed by atoms with Gasteiger partial charge in [0.05, 0.1) is 0 Å². The number of amides is 1. The molecular weight excluding hydrogens is 346 g/mol. The minimum Gasteiger partial charge on any atom is -0.452 e. The number of likely N-dealkylation sites (tertiary alicyclic amines) is 1. The quantitative estimate of drug-likeness (QED) is 0.575. The van der Waals surface area contributed by atoms with E-state index >= 15 is 0 Å². The Balaban J connectivity index is 1.37. The van der Waals surface area contributed by atoms with Crippen LogP contribution < -0.4 is 0 Å². The molecule has 1 aliphatic rings. The van der Waals surface area contributed by atoms with Crippen molar-refractivity contribution in [3.8, 4) is 0 Å². The van der Waals surface area contributed by atoms with Gasteiger partial charge in [-0.2, -0.15) is 0 Å². The summed E-state index contributed by atoms with van der Waals surface area (Å²) in [6, 6.07) is 14.3. The van der Waals surface area contributed by atoms with Crippen molar-refractivity contribution < 1.29 is 14.3 Å². The number of nitrogens with zero attached hydrogens (tertiary/aromatic N) is 1. The Labute approximate surface area is 158 Å². The highest BCUT2D eigenvalue weighted by Crippen LogP contribution is 2.21. The molecule has 0 atom stereocenters. The molecule has 1 aromatic heterocycles. The Bertz CT molecular complexity index is 732. The zero-order chi connectivity index (χ0) is 18.2. The first-order valence-corrected chi connectivity index (χ1v) is 9.79. The molecule has 0 spiro atoms. The molecule has 4 nitrogen and oxygen atoms in total. The lowest BCUT2D eigenvalue weighted by Crippen LogP contribution is -2.41. The monoisotopic (exact) mass is 369 g/mol. The van der Waals surface area contributed by atoms with Crippen LogP contribution in [0.5, 0.6) is 0 Å². The minimum atomic E-state index is -0.481. The minimum absolute atomic E-state index is 0.110. The molecular formula is C21H23NO3S. The first kappa shape index (κ1) is 18.4. The molecule has 0 radical (unpaired) electrons. The summed E-state index contributed by atoms with van der Waals surface area (Å²) in [5, 5.41) is 1.94. The van der Waals surface area contributed by atoms with Gasteiger partial charge in [-0.3, -0.25) is 4.79 Å². The van der Waals surface area contributed by atoms with E-state index in [9.17, 15) is 9.59 Å². The average Bonchev–Trinajstić information content (AvgIpc) is 3.19. The van der Waals surface area contributed by atoms with Gasteiger partial charge in [0, 0.05) is 24.0 Å². The number of piperidine rings is 1. The zero-order valence-electron chi connectivity index (χ0n) is 14.7. The van der Waals surface area contributed by atoms with Crippen molar-refractivity contribution in [2.24, 2.45) is 5.92 Å². The summed E-state index contributed by atoms with van der Waals surface area (Å²) in [5.41, 5.74) is 1.35. The number of hydrogen-bond acceptors (Lipinski definition) is 4. The summed E-state index contributed by atoms with van der Waals surface area (Å²) in [6.45, 7) is 1.29. The average molecular weight is 369 g/mol. The molecule has 0 saturated carbocycles. The number of esters is 1. The summed E-state index contributed by atoms with van der Waals surface area (Å²) in [6.07, 6.45) is 6.11. The predicted molar refractivity (Wildman–Crippen MR) is 104 cm³/mol. The van der Waals surface area contributed by atoms with Gasteiger partial charge < -0.3 is 9.64 Å². The standard InChI is InChI=1S/C21H23NO3S/c23-20(16-25-21(24)9-8-19-7-4-14-26-19)22-12-10-18(11-13-22)15-17-5-2-1-3-6-17/h1-9,14,18H,10-13,15-16H2/b9-8+. The fraction of sp³-hybridized carbons (Fsp3) is 0.333. The third-order valence-corrected chi connectivity index (χ3v) is 5.44. The number of thiophene rings is 1. The molecule has 1 saturated heterocycles. The third kappa shape index (κ3) is 5.56. The van der Waals surface area contributed by atoms with Crippen molar-refractivity contribution in [1.29, 1.82) is 0 Å². The Morgan fingerprint density at radius 3 is 2.58 bits per heavy atom. The van der Waals surface area contributed by atoms with Crippen molar-refractivity contribution >= 4 is 29.3 Å². The number of rotatable bonds is 6. The fourth-order valence-corrected chi connectivity index (χ4v) is 3.76. The molecule has 2 aromatic rings. The Morgan fingerprint density at radius 2 is 1.88 bits per heavy atom. The lowest BCUT2D eigenvalue weighted by atomic mass is 9.90. The summed E-state index contributed by atoms with van der Waals surface area (Å²) in [4.78, 5) is 26.7. The fourth-order valence-electron chi connectivity index (χ4n) is 3.14. The highest BCUT2D eigenvalue weighted by molar-refractivity contribution is 7.10. The molecule has 0 aliphatic carbocycles. The number of ether oxygens (including phenoxy) is 1. The van der Waals surface area contributed by atoms with Gasteiger partial charge in [-0.1, -0.05) is 36.4 Å². The molecule has 26 heavy (non-hydrogen) atoms. The first-order chi connectivity index (χ1) is 12.7. The topological polar surface area (TPSA) is 46.6 Å². The maximum atomic E-state index is 12.2. The van der Waals surface area contributed by atoms with Crippen molar-refractivity contribution in [2.45, 2.75) is 19.3 Å². The van der Waals surface area contributed by atoms with Crippen LogP contribution in [0.25, 0.3) is 6.08 Å². The van der Waals surface area contributed by atoms with Crippen LogP contribution in [0.4, 0.5) is 0 Å². The van der Waals surface area contributed by atoms with Gasteiger partial charge in [0.2, 0.25) is 0 Å². The maximum absolute atomic E-state index is 12.2. The van der Waals surface area contributed by atoms with Crippen LogP contribution in [-0.4, -0.2) is 36.5 Å². The second kappa shape index (κ2) is 9.34. The number of carbonyl (C=O) groups excluding carboxylic acids is 2. The van der Waals surface area contributed by atoms with Gasteiger partial charge in [0.1, 0.15) is 0 Å². The summed E-state index contributed by atoms with van der Waals surface area (Å²) >= 11 is 1.54. The van der Waals surface area contributed by atoms with E-state index < -0.39 is 5.97 Å². The van der Waals surface area contributed by atoms with Crippen LogP contribution >= 0.6 is 11.3 Å². The van der Waals surface area contributed by atoms with E-state index in [1.54, 1.807) is 22.3 Å². The molecule has 2 heterocycles. The number of carbonyl (C=O) groups is 2. The maximum Gasteiger partial charge on any atom is 0.331 e. The van der Waals surface area contributed by atoms with E-state index in [0.717, 1.165) is 37.2 Å². The molecule has 0 bridgehead atoms. The van der Waals surface area contributed by atoms with Gasteiger partial charge in [-0.15, -0.1) is 11.3 Å². The van der Waals surface area contributed by atoms with E-state index in [1.165, 1.54) is 11.6 Å². The molecule has 1 aliphatic heterocycles. The lowest BCUT2D eigenvalue weighted by Gasteiger charge is -2.32. The summed E-state index contributed by atoms with van der Waals surface area (Å²) in [5.74, 6) is 0.0180. The van der Waals surface area contributed by atoms with Crippen LogP contribution in [0.3, 0.4) is 0 Å². The third-order valence-electron chi connectivity index (χ3n) is 4.60. The van der Waals surface area contributed by atoms with E-state index in [-0.39, 0.29) is 12.5 Å². The highest BCUT2D eigenvalue weighted by Gasteiger charge is 2.23. The zero-order valence-corrected chi connectivity index (χ0v) is 15.5. The number of hydrogen-bond donors (Lipinski definition) is 0. The van der Waals surface area contributed by atoms with Crippen LogP contribution in [0, 0.1) is 5.92 Å². The van der Waals surface area contributed by atoms with Gasteiger partial charge in [0.15, 0.2) is 6.61 Å². The van der Waals surface area contributed by atoms with Crippen molar-refractivity contribution in [3.63, 3.8) is 0 Å². The predicted octanol–water partition coefficient (Wildman–Crippen LogP) is 3.79. The summed E-state index contributed by atoms with van der Waals surface area (Å²) < 4.78 is 5.07. The molecule has 0 unspecified atom stereocenters. The molecule has 1 amide bonds.